The molecule has 0 aliphatic carbocycles. The average molecular weight is 350 g/mol. The van der Waals surface area contributed by atoms with Gasteiger partial charge in [-0.1, -0.05) is 22.9 Å². The number of hydrogen-bond acceptors (Lipinski definition) is 4. The lowest BCUT2D eigenvalue weighted by Gasteiger charge is -2.00. The Morgan fingerprint density at radius 3 is 2.65 bits per heavy atom. The molecule has 0 aliphatic heterocycles. The van der Waals surface area contributed by atoms with Gasteiger partial charge in [-0.25, -0.2) is 9.78 Å². The first-order valence-electron chi connectivity index (χ1n) is 6.29. The molecule has 2 aromatic heterocycles. The molecule has 0 amide bonds. The van der Waals surface area contributed by atoms with Crippen molar-refractivity contribution in [3.8, 4) is 11.5 Å². The van der Waals surface area contributed by atoms with E-state index in [1.165, 1.54) is 0 Å². The smallest absolute Gasteiger partial charge is 0.348 e. The van der Waals surface area contributed by atoms with Gasteiger partial charge in [0, 0.05) is 14.9 Å². The van der Waals surface area contributed by atoms with E-state index in [1.807, 2.05) is 38.1 Å². The maximum absolute atomic E-state index is 12.2. The number of fused-ring (bicyclic) bond motifs is 1. The van der Waals surface area contributed by atoms with Crippen molar-refractivity contribution in [3.05, 3.63) is 49.6 Å². The fraction of sp³-hybridized carbons (Fsp3) is 0.200. The van der Waals surface area contributed by atoms with Crippen molar-refractivity contribution < 1.29 is 4.42 Å². The first-order valence-corrected chi connectivity index (χ1v) is 7.90. The van der Waals surface area contributed by atoms with Crippen molar-refractivity contribution in [1.82, 2.24) is 4.98 Å². The van der Waals surface area contributed by atoms with Gasteiger partial charge in [-0.15, -0.1) is 11.3 Å². The Labute approximate surface area is 128 Å². The minimum Gasteiger partial charge on any atom is -0.403 e. The van der Waals surface area contributed by atoms with Gasteiger partial charge in [0.25, 0.3) is 0 Å². The predicted octanol–water partition coefficient (Wildman–Crippen LogP) is 4.55. The number of aromatic nitrogens is 1. The highest BCUT2D eigenvalue weighted by molar-refractivity contribution is 9.10. The van der Waals surface area contributed by atoms with Gasteiger partial charge >= 0.3 is 5.63 Å². The van der Waals surface area contributed by atoms with Crippen LogP contribution in [0.4, 0.5) is 0 Å². The number of hydrogen-bond donors (Lipinski definition) is 0. The van der Waals surface area contributed by atoms with Gasteiger partial charge in [0.2, 0.25) is 5.89 Å². The van der Waals surface area contributed by atoms with Crippen molar-refractivity contribution in [2.45, 2.75) is 20.3 Å². The molecule has 0 N–H and O–H groups in total. The van der Waals surface area contributed by atoms with Crippen LogP contribution in [0, 0.1) is 6.92 Å². The van der Waals surface area contributed by atoms with Crippen LogP contribution in [0.3, 0.4) is 0 Å². The molecule has 2 heterocycles. The lowest BCUT2D eigenvalue weighted by molar-refractivity contribution is 0.518. The van der Waals surface area contributed by atoms with E-state index in [2.05, 4.69) is 20.9 Å². The van der Waals surface area contributed by atoms with Crippen molar-refractivity contribution in [2.24, 2.45) is 0 Å². The van der Waals surface area contributed by atoms with Crippen LogP contribution in [0.1, 0.15) is 17.4 Å². The molecule has 0 unspecified atom stereocenters. The molecule has 3 nitrogen and oxygen atoms in total. The van der Waals surface area contributed by atoms with E-state index in [4.69, 9.17) is 4.42 Å². The SMILES string of the molecule is CCc1c(C)sc2nc(-c3ccc(Br)cc3)oc(=O)c12. The van der Waals surface area contributed by atoms with Crippen LogP contribution in [-0.4, -0.2) is 4.98 Å². The summed E-state index contributed by atoms with van der Waals surface area (Å²) in [5, 5.41) is 0.635. The van der Waals surface area contributed by atoms with Crippen LogP contribution < -0.4 is 5.63 Å². The zero-order valence-corrected chi connectivity index (χ0v) is 13.5. The second-order valence-corrected chi connectivity index (χ2v) is 6.60. The zero-order valence-electron chi connectivity index (χ0n) is 11.1. The number of aryl methyl sites for hydroxylation is 2. The van der Waals surface area contributed by atoms with Crippen molar-refractivity contribution in [1.29, 1.82) is 0 Å². The third-order valence-corrected chi connectivity index (χ3v) is 4.80. The van der Waals surface area contributed by atoms with E-state index < -0.39 is 0 Å². The highest BCUT2D eigenvalue weighted by atomic mass is 79.9. The topological polar surface area (TPSA) is 43.1 Å². The molecule has 3 rings (SSSR count). The third-order valence-electron chi connectivity index (χ3n) is 3.23. The first-order chi connectivity index (χ1) is 9.60. The van der Waals surface area contributed by atoms with E-state index in [0.717, 1.165) is 31.7 Å². The van der Waals surface area contributed by atoms with E-state index in [-0.39, 0.29) is 5.63 Å². The van der Waals surface area contributed by atoms with Gasteiger partial charge in [-0.2, -0.15) is 0 Å². The van der Waals surface area contributed by atoms with Crippen LogP contribution in [-0.2, 0) is 6.42 Å². The van der Waals surface area contributed by atoms with Gasteiger partial charge < -0.3 is 4.42 Å². The van der Waals surface area contributed by atoms with Crippen LogP contribution in [0.2, 0.25) is 0 Å². The molecule has 0 radical (unpaired) electrons. The highest BCUT2D eigenvalue weighted by Gasteiger charge is 2.15. The normalized spacial score (nSPS) is 11.2. The van der Waals surface area contributed by atoms with Crippen LogP contribution in [0.15, 0.2) is 37.9 Å². The maximum Gasteiger partial charge on any atom is 0.348 e. The van der Waals surface area contributed by atoms with E-state index in [9.17, 15) is 4.79 Å². The lowest BCUT2D eigenvalue weighted by atomic mass is 10.1. The van der Waals surface area contributed by atoms with E-state index in [0.29, 0.717) is 11.3 Å². The summed E-state index contributed by atoms with van der Waals surface area (Å²) in [5.41, 5.74) is 1.55. The second kappa shape index (κ2) is 5.14. The summed E-state index contributed by atoms with van der Waals surface area (Å²) in [4.78, 5) is 18.6. The predicted molar refractivity (Wildman–Crippen MR) is 85.4 cm³/mol. The van der Waals surface area contributed by atoms with Crippen molar-refractivity contribution >= 4 is 37.5 Å². The fourth-order valence-electron chi connectivity index (χ4n) is 2.25. The molecule has 0 saturated carbocycles. The fourth-order valence-corrected chi connectivity index (χ4v) is 3.61. The third kappa shape index (κ3) is 2.21. The molecule has 1 aromatic carbocycles. The monoisotopic (exact) mass is 349 g/mol. The highest BCUT2D eigenvalue weighted by Crippen LogP contribution is 2.29. The summed E-state index contributed by atoms with van der Waals surface area (Å²) in [5.74, 6) is 0.374. The quantitative estimate of drug-likeness (QED) is 0.681. The minimum absolute atomic E-state index is 0.297. The number of nitrogens with zero attached hydrogens (tertiary/aromatic N) is 1. The Bertz CT molecular complexity index is 833. The Morgan fingerprint density at radius 2 is 2.00 bits per heavy atom. The number of rotatable bonds is 2. The van der Waals surface area contributed by atoms with Gasteiger partial charge in [-0.3, -0.25) is 0 Å². The summed E-state index contributed by atoms with van der Waals surface area (Å²) >= 11 is 4.93. The summed E-state index contributed by atoms with van der Waals surface area (Å²) in [6.45, 7) is 4.06. The molecular weight excluding hydrogens is 338 g/mol. The standard InChI is InChI=1S/C15H12BrNO2S/c1-3-11-8(2)20-14-12(11)15(18)19-13(17-14)9-4-6-10(16)7-5-9/h4-7H,3H2,1-2H3. The molecule has 5 heteroatoms. The van der Waals surface area contributed by atoms with Crippen LogP contribution >= 0.6 is 27.3 Å². The molecule has 3 aromatic rings. The first kappa shape index (κ1) is 13.5. The maximum atomic E-state index is 12.2. The number of benzene rings is 1. The number of halogens is 1. The Hall–Kier alpha value is -1.46. The van der Waals surface area contributed by atoms with Crippen molar-refractivity contribution in [2.75, 3.05) is 0 Å². The van der Waals surface area contributed by atoms with Crippen LogP contribution in [0.5, 0.6) is 0 Å². The molecule has 20 heavy (non-hydrogen) atoms. The molecule has 0 fully saturated rings. The molecule has 0 bridgehead atoms. The Kier molecular flexibility index (Phi) is 3.48. The number of thiophene rings is 1. The zero-order chi connectivity index (χ0) is 14.3. The van der Waals surface area contributed by atoms with Gasteiger partial charge in [0.1, 0.15) is 10.2 Å². The van der Waals surface area contributed by atoms with E-state index in [1.54, 1.807) is 11.3 Å². The van der Waals surface area contributed by atoms with E-state index >= 15 is 0 Å². The summed E-state index contributed by atoms with van der Waals surface area (Å²) < 4.78 is 6.37. The molecule has 102 valence electrons. The lowest BCUT2D eigenvalue weighted by Crippen LogP contribution is -2.03. The molecule has 0 atom stereocenters. The largest absolute Gasteiger partial charge is 0.403 e. The van der Waals surface area contributed by atoms with Crippen molar-refractivity contribution in [3.63, 3.8) is 0 Å². The summed E-state index contributed by atoms with van der Waals surface area (Å²) in [6.07, 6.45) is 0.815. The van der Waals surface area contributed by atoms with Crippen LogP contribution in [0.25, 0.3) is 21.7 Å². The second-order valence-electron chi connectivity index (χ2n) is 4.48. The summed E-state index contributed by atoms with van der Waals surface area (Å²) in [6, 6.07) is 7.56. The molecular formula is C15H12BrNO2S. The molecule has 0 saturated heterocycles. The molecule has 0 aliphatic rings. The van der Waals surface area contributed by atoms with Gasteiger partial charge in [0.15, 0.2) is 0 Å². The summed E-state index contributed by atoms with van der Waals surface area (Å²) in [7, 11) is 0. The Balaban J connectivity index is 2.25. The minimum atomic E-state index is -0.297. The Morgan fingerprint density at radius 1 is 1.30 bits per heavy atom. The van der Waals surface area contributed by atoms with Gasteiger partial charge in [0.05, 0.1) is 0 Å². The van der Waals surface area contributed by atoms with Gasteiger partial charge in [-0.05, 0) is 43.2 Å². The average Bonchev–Trinajstić information content (AvgIpc) is 2.75. The molecule has 0 spiro atoms.